The lowest BCUT2D eigenvalue weighted by Gasteiger charge is -2.35. The Kier molecular flexibility index (Phi) is 6.13. The quantitative estimate of drug-likeness (QED) is 0.757. The zero-order valence-corrected chi connectivity index (χ0v) is 17.1. The predicted octanol–water partition coefficient (Wildman–Crippen LogP) is 3.88. The van der Waals surface area contributed by atoms with Gasteiger partial charge in [0.05, 0.1) is 12.6 Å². The highest BCUT2D eigenvalue weighted by molar-refractivity contribution is 7.10. The number of piperazine rings is 1. The van der Waals surface area contributed by atoms with E-state index in [0.29, 0.717) is 12.6 Å². The van der Waals surface area contributed by atoms with Gasteiger partial charge in [-0.05, 0) is 42.0 Å². The maximum atomic E-state index is 12.9. The lowest BCUT2D eigenvalue weighted by Crippen LogP contribution is -2.49. The summed E-state index contributed by atoms with van der Waals surface area (Å²) in [6.07, 6.45) is 2.21. The van der Waals surface area contributed by atoms with Crippen LogP contribution >= 0.6 is 22.9 Å². The molecule has 2 fully saturated rings. The molecule has 1 atom stereocenters. The zero-order chi connectivity index (χ0) is 18.6. The maximum Gasteiger partial charge on any atom is 0.237 e. The number of hydrogen-bond donors (Lipinski definition) is 0. The third-order valence-electron chi connectivity index (χ3n) is 5.59. The number of nitrogens with zero attached hydrogens (tertiary/aromatic N) is 3. The van der Waals surface area contributed by atoms with Crippen LogP contribution in [0.1, 0.15) is 29.3 Å². The van der Waals surface area contributed by atoms with E-state index < -0.39 is 0 Å². The second kappa shape index (κ2) is 8.74. The van der Waals surface area contributed by atoms with Crippen LogP contribution in [0.15, 0.2) is 41.8 Å². The van der Waals surface area contributed by atoms with Crippen LogP contribution in [0.4, 0.5) is 0 Å². The standard InChI is InChI=1S/C21H26ClN3OS/c22-18-7-5-17(6-8-18)15-23-10-12-24(13-11-23)16-21(26)25-9-1-3-19(25)20-4-2-14-27-20/h2,4-8,14,19H,1,3,9-13,15-16H2/t19-/m1/s1. The Morgan fingerprint density at radius 1 is 1.04 bits per heavy atom. The van der Waals surface area contributed by atoms with Gasteiger partial charge in [0, 0.05) is 49.2 Å². The van der Waals surface area contributed by atoms with Crippen molar-refractivity contribution in [3.63, 3.8) is 0 Å². The minimum absolute atomic E-state index is 0.289. The monoisotopic (exact) mass is 403 g/mol. The minimum Gasteiger partial charge on any atom is -0.334 e. The summed E-state index contributed by atoms with van der Waals surface area (Å²) in [6.45, 7) is 6.32. The molecule has 1 amide bonds. The molecule has 3 heterocycles. The predicted molar refractivity (Wildman–Crippen MR) is 111 cm³/mol. The topological polar surface area (TPSA) is 26.8 Å². The summed E-state index contributed by atoms with van der Waals surface area (Å²) >= 11 is 7.73. The molecule has 0 N–H and O–H groups in total. The Morgan fingerprint density at radius 2 is 1.78 bits per heavy atom. The van der Waals surface area contributed by atoms with Gasteiger partial charge in [-0.2, -0.15) is 0 Å². The van der Waals surface area contributed by atoms with Crippen LogP contribution in [0.3, 0.4) is 0 Å². The number of thiophene rings is 1. The van der Waals surface area contributed by atoms with Crippen LogP contribution in [0.5, 0.6) is 0 Å². The first-order valence-electron chi connectivity index (χ1n) is 9.71. The third kappa shape index (κ3) is 4.72. The van der Waals surface area contributed by atoms with E-state index >= 15 is 0 Å². The fourth-order valence-electron chi connectivity index (χ4n) is 4.08. The second-order valence-electron chi connectivity index (χ2n) is 7.44. The Balaban J connectivity index is 1.26. The summed E-state index contributed by atoms with van der Waals surface area (Å²) in [4.78, 5) is 21.1. The molecular formula is C21H26ClN3OS. The molecule has 2 aliphatic rings. The number of halogens is 1. The van der Waals surface area contributed by atoms with Gasteiger partial charge < -0.3 is 4.90 Å². The van der Waals surface area contributed by atoms with Gasteiger partial charge in [-0.1, -0.05) is 29.8 Å². The van der Waals surface area contributed by atoms with Crippen molar-refractivity contribution in [1.82, 2.24) is 14.7 Å². The van der Waals surface area contributed by atoms with Crippen LogP contribution in [0.25, 0.3) is 0 Å². The van der Waals surface area contributed by atoms with Gasteiger partial charge in [0.2, 0.25) is 5.91 Å². The molecule has 144 valence electrons. The van der Waals surface area contributed by atoms with Crippen molar-refractivity contribution in [3.05, 3.63) is 57.2 Å². The molecule has 0 bridgehead atoms. The van der Waals surface area contributed by atoms with Crippen LogP contribution in [0.2, 0.25) is 5.02 Å². The largest absolute Gasteiger partial charge is 0.334 e. The molecular weight excluding hydrogens is 378 g/mol. The minimum atomic E-state index is 0.289. The van der Waals surface area contributed by atoms with Gasteiger partial charge in [0.1, 0.15) is 0 Å². The number of rotatable bonds is 5. The molecule has 1 aromatic carbocycles. The molecule has 2 aliphatic heterocycles. The van der Waals surface area contributed by atoms with Crippen molar-refractivity contribution in [2.24, 2.45) is 0 Å². The molecule has 0 unspecified atom stereocenters. The number of likely N-dealkylation sites (tertiary alicyclic amines) is 1. The molecule has 4 nitrogen and oxygen atoms in total. The van der Waals surface area contributed by atoms with Crippen LogP contribution in [0, 0.1) is 0 Å². The molecule has 0 saturated carbocycles. The number of hydrogen-bond acceptors (Lipinski definition) is 4. The molecule has 27 heavy (non-hydrogen) atoms. The molecule has 1 aromatic heterocycles. The van der Waals surface area contributed by atoms with Gasteiger partial charge in [-0.25, -0.2) is 0 Å². The molecule has 4 rings (SSSR count). The van der Waals surface area contributed by atoms with Crippen LogP contribution in [-0.4, -0.2) is 59.9 Å². The molecule has 2 saturated heterocycles. The fourth-order valence-corrected chi connectivity index (χ4v) is 5.08. The molecule has 0 spiro atoms. The van der Waals surface area contributed by atoms with Crippen LogP contribution < -0.4 is 0 Å². The summed E-state index contributed by atoms with van der Waals surface area (Å²) in [7, 11) is 0. The van der Waals surface area contributed by atoms with Gasteiger partial charge in [0.25, 0.3) is 0 Å². The van der Waals surface area contributed by atoms with E-state index in [2.05, 4.69) is 44.3 Å². The Morgan fingerprint density at radius 3 is 2.48 bits per heavy atom. The van der Waals surface area contributed by atoms with E-state index in [1.54, 1.807) is 11.3 Å². The highest BCUT2D eigenvalue weighted by Crippen LogP contribution is 2.34. The van der Waals surface area contributed by atoms with E-state index in [1.165, 1.54) is 10.4 Å². The summed E-state index contributed by atoms with van der Waals surface area (Å²) in [5, 5.41) is 2.89. The molecule has 0 aliphatic carbocycles. The first-order chi connectivity index (χ1) is 13.2. The van der Waals surface area contributed by atoms with Crippen molar-refractivity contribution in [1.29, 1.82) is 0 Å². The summed E-state index contributed by atoms with van der Waals surface area (Å²) in [5.74, 6) is 0.289. The van der Waals surface area contributed by atoms with E-state index in [9.17, 15) is 4.79 Å². The molecule has 6 heteroatoms. The summed E-state index contributed by atoms with van der Waals surface area (Å²) in [6, 6.07) is 12.6. The molecule has 2 aromatic rings. The Labute approximate surface area is 170 Å². The average molecular weight is 404 g/mol. The first-order valence-corrected chi connectivity index (χ1v) is 11.0. The average Bonchev–Trinajstić information content (AvgIpc) is 3.36. The highest BCUT2D eigenvalue weighted by atomic mass is 35.5. The lowest BCUT2D eigenvalue weighted by molar-refractivity contribution is -0.133. The van der Waals surface area contributed by atoms with Gasteiger partial charge in [-0.3, -0.25) is 14.6 Å². The van der Waals surface area contributed by atoms with E-state index in [0.717, 1.165) is 57.1 Å². The van der Waals surface area contributed by atoms with Gasteiger partial charge >= 0.3 is 0 Å². The lowest BCUT2D eigenvalue weighted by atomic mass is 10.2. The number of carbonyl (C=O) groups excluding carboxylic acids is 1. The fraction of sp³-hybridized carbons (Fsp3) is 0.476. The Bertz CT molecular complexity index is 741. The van der Waals surface area contributed by atoms with Crippen molar-refractivity contribution in [2.75, 3.05) is 39.3 Å². The molecule has 0 radical (unpaired) electrons. The maximum absolute atomic E-state index is 12.9. The smallest absolute Gasteiger partial charge is 0.237 e. The second-order valence-corrected chi connectivity index (χ2v) is 8.86. The van der Waals surface area contributed by atoms with Crippen molar-refractivity contribution < 1.29 is 4.79 Å². The van der Waals surface area contributed by atoms with E-state index in [-0.39, 0.29) is 5.91 Å². The van der Waals surface area contributed by atoms with Crippen molar-refractivity contribution >= 4 is 28.8 Å². The van der Waals surface area contributed by atoms with Crippen molar-refractivity contribution in [2.45, 2.75) is 25.4 Å². The number of amides is 1. The zero-order valence-electron chi connectivity index (χ0n) is 15.5. The van der Waals surface area contributed by atoms with Gasteiger partial charge in [0.15, 0.2) is 0 Å². The highest BCUT2D eigenvalue weighted by Gasteiger charge is 2.31. The SMILES string of the molecule is O=C(CN1CCN(Cc2ccc(Cl)cc2)CC1)N1CCC[C@@H]1c1cccs1. The number of carbonyl (C=O) groups is 1. The van der Waals surface area contributed by atoms with E-state index in [1.807, 2.05) is 12.1 Å². The van der Waals surface area contributed by atoms with E-state index in [4.69, 9.17) is 11.6 Å². The van der Waals surface area contributed by atoms with Crippen molar-refractivity contribution in [3.8, 4) is 0 Å². The normalized spacial score (nSPS) is 21.7. The van der Waals surface area contributed by atoms with Crippen LogP contribution in [-0.2, 0) is 11.3 Å². The third-order valence-corrected chi connectivity index (χ3v) is 6.81. The summed E-state index contributed by atoms with van der Waals surface area (Å²) < 4.78 is 0. The van der Waals surface area contributed by atoms with Gasteiger partial charge in [-0.15, -0.1) is 11.3 Å². The summed E-state index contributed by atoms with van der Waals surface area (Å²) in [5.41, 5.74) is 1.29. The Hall–Kier alpha value is -1.40. The first kappa shape index (κ1) is 18.9. The number of benzene rings is 1.